The summed E-state index contributed by atoms with van der Waals surface area (Å²) in [4.78, 5) is 2.55. The second-order valence-corrected chi connectivity index (χ2v) is 6.82. The molecule has 2 aliphatic rings. The number of nitrogens with zero attached hydrogens (tertiary/aromatic N) is 1. The average molecular weight is 274 g/mol. The van der Waals surface area contributed by atoms with Gasteiger partial charge >= 0.3 is 0 Å². The van der Waals surface area contributed by atoms with E-state index in [1.165, 1.54) is 32.2 Å². The Kier molecular flexibility index (Phi) is 3.47. The number of hydrogen-bond acceptors (Lipinski definition) is 1. The summed E-state index contributed by atoms with van der Waals surface area (Å²) in [5.41, 5.74) is 0.307. The summed E-state index contributed by atoms with van der Waals surface area (Å²) in [5, 5.41) is 1.07. The number of alkyl halides is 1. The highest BCUT2D eigenvalue weighted by atomic mass is 79.9. The molecule has 0 N–H and O–H groups in total. The average Bonchev–Trinajstić information content (AvgIpc) is 2.79. The molecule has 2 fully saturated rings. The van der Waals surface area contributed by atoms with Crippen molar-refractivity contribution in [3.63, 3.8) is 0 Å². The van der Waals surface area contributed by atoms with Crippen LogP contribution in [0.1, 0.15) is 39.5 Å². The van der Waals surface area contributed by atoms with E-state index in [4.69, 9.17) is 0 Å². The monoisotopic (exact) mass is 273 g/mol. The minimum Gasteiger partial charge on any atom is -0.300 e. The second kappa shape index (κ2) is 4.37. The fourth-order valence-corrected chi connectivity index (χ4v) is 3.73. The molecule has 15 heavy (non-hydrogen) atoms. The van der Waals surface area contributed by atoms with Crippen LogP contribution in [0.15, 0.2) is 0 Å². The zero-order valence-electron chi connectivity index (χ0n) is 10.3. The van der Waals surface area contributed by atoms with Crippen LogP contribution in [0.5, 0.6) is 0 Å². The second-order valence-electron chi connectivity index (χ2n) is 6.26. The lowest BCUT2D eigenvalue weighted by molar-refractivity contribution is 0.131. The molecule has 0 aliphatic heterocycles. The number of halogens is 1. The fourth-order valence-electron chi connectivity index (χ4n) is 3.30. The highest BCUT2D eigenvalue weighted by Crippen LogP contribution is 2.48. The molecule has 3 atom stereocenters. The summed E-state index contributed by atoms with van der Waals surface area (Å²) in [5.74, 6) is 3.14. The van der Waals surface area contributed by atoms with Gasteiger partial charge in [-0.1, -0.05) is 22.4 Å². The molecule has 0 saturated heterocycles. The molecule has 2 saturated carbocycles. The molecule has 2 rings (SSSR count). The predicted molar refractivity (Wildman–Crippen MR) is 69.4 cm³/mol. The van der Waals surface area contributed by atoms with Crippen LogP contribution in [0.25, 0.3) is 0 Å². The quantitative estimate of drug-likeness (QED) is 0.709. The number of rotatable bonds is 4. The Morgan fingerprint density at radius 3 is 2.47 bits per heavy atom. The Bertz CT molecular complexity index is 227. The summed E-state index contributed by atoms with van der Waals surface area (Å²) in [6.45, 7) is 5.96. The fraction of sp³-hybridized carbons (Fsp3) is 1.00. The van der Waals surface area contributed by atoms with E-state index in [1.807, 2.05) is 0 Å². The maximum atomic E-state index is 3.62. The third-order valence-corrected chi connectivity index (χ3v) is 6.13. The first-order valence-electron chi connectivity index (χ1n) is 6.30. The van der Waals surface area contributed by atoms with E-state index in [9.17, 15) is 0 Å². The summed E-state index contributed by atoms with van der Waals surface area (Å²) in [6.07, 6.45) is 6.07. The van der Waals surface area contributed by atoms with E-state index < -0.39 is 0 Å². The molecule has 0 aromatic carbocycles. The third-order valence-electron chi connectivity index (χ3n) is 4.75. The maximum Gasteiger partial charge on any atom is 0.0247 e. The lowest BCUT2D eigenvalue weighted by Crippen LogP contribution is -2.45. The molecular formula is C13H24BrN. The van der Waals surface area contributed by atoms with Crippen molar-refractivity contribution in [3.05, 3.63) is 0 Å². The van der Waals surface area contributed by atoms with Gasteiger partial charge in [-0.2, -0.15) is 0 Å². The molecule has 3 unspecified atom stereocenters. The van der Waals surface area contributed by atoms with Gasteiger partial charge in [-0.05, 0) is 57.9 Å². The van der Waals surface area contributed by atoms with Gasteiger partial charge in [0.1, 0.15) is 0 Å². The molecule has 0 spiro atoms. The molecule has 0 aromatic heterocycles. The van der Waals surface area contributed by atoms with E-state index in [1.54, 1.807) is 0 Å². The van der Waals surface area contributed by atoms with Gasteiger partial charge in [0, 0.05) is 17.4 Å². The third kappa shape index (κ3) is 2.41. The van der Waals surface area contributed by atoms with Crippen molar-refractivity contribution in [1.29, 1.82) is 0 Å². The molecule has 0 amide bonds. The molecule has 2 aliphatic carbocycles. The molecule has 0 heterocycles. The Balaban J connectivity index is 1.87. The van der Waals surface area contributed by atoms with Gasteiger partial charge in [-0.15, -0.1) is 0 Å². The summed E-state index contributed by atoms with van der Waals surface area (Å²) >= 11 is 3.62. The van der Waals surface area contributed by atoms with Gasteiger partial charge in [0.2, 0.25) is 0 Å². The first-order valence-corrected chi connectivity index (χ1v) is 7.42. The zero-order chi connectivity index (χ0) is 11.1. The first-order chi connectivity index (χ1) is 7.03. The van der Waals surface area contributed by atoms with E-state index >= 15 is 0 Å². The van der Waals surface area contributed by atoms with Gasteiger partial charge in [0.25, 0.3) is 0 Å². The molecule has 2 bridgehead atoms. The Morgan fingerprint density at radius 2 is 2.00 bits per heavy atom. The van der Waals surface area contributed by atoms with Crippen molar-refractivity contribution in [2.75, 3.05) is 18.9 Å². The van der Waals surface area contributed by atoms with Crippen molar-refractivity contribution >= 4 is 15.9 Å². The van der Waals surface area contributed by atoms with Crippen molar-refractivity contribution < 1.29 is 0 Å². The summed E-state index contributed by atoms with van der Waals surface area (Å²) in [6, 6.07) is 0. The molecule has 2 heteroatoms. The minimum absolute atomic E-state index is 0.307. The minimum atomic E-state index is 0.307. The van der Waals surface area contributed by atoms with Crippen LogP contribution in [0, 0.1) is 17.8 Å². The van der Waals surface area contributed by atoms with Crippen LogP contribution >= 0.6 is 15.9 Å². The van der Waals surface area contributed by atoms with Crippen molar-refractivity contribution in [2.45, 2.75) is 45.1 Å². The van der Waals surface area contributed by atoms with Gasteiger partial charge in [-0.3, -0.25) is 0 Å². The molecule has 0 aromatic rings. The zero-order valence-corrected chi connectivity index (χ0v) is 11.9. The van der Waals surface area contributed by atoms with Gasteiger partial charge in [0.05, 0.1) is 0 Å². The van der Waals surface area contributed by atoms with Crippen LogP contribution in [0.3, 0.4) is 0 Å². The lowest BCUT2D eigenvalue weighted by Gasteiger charge is -2.37. The summed E-state index contributed by atoms with van der Waals surface area (Å²) < 4.78 is 0. The predicted octanol–water partition coefficient (Wildman–Crippen LogP) is 3.53. The van der Waals surface area contributed by atoms with Gasteiger partial charge in [0.15, 0.2) is 0 Å². The van der Waals surface area contributed by atoms with Crippen LogP contribution < -0.4 is 0 Å². The Labute approximate surface area is 103 Å². The van der Waals surface area contributed by atoms with Gasteiger partial charge < -0.3 is 4.90 Å². The van der Waals surface area contributed by atoms with Crippen LogP contribution in [0.4, 0.5) is 0 Å². The van der Waals surface area contributed by atoms with Crippen LogP contribution in [0.2, 0.25) is 0 Å². The summed E-state index contributed by atoms with van der Waals surface area (Å²) in [7, 11) is 2.28. The Hall–Kier alpha value is 0.440. The number of fused-ring (bicyclic) bond motifs is 2. The molecule has 88 valence electrons. The van der Waals surface area contributed by atoms with E-state index in [-0.39, 0.29) is 0 Å². The van der Waals surface area contributed by atoms with E-state index in [0.29, 0.717) is 5.54 Å². The molecule has 0 radical (unpaired) electrons. The largest absolute Gasteiger partial charge is 0.300 e. The van der Waals surface area contributed by atoms with Gasteiger partial charge in [-0.25, -0.2) is 0 Å². The van der Waals surface area contributed by atoms with E-state index in [0.717, 1.165) is 23.1 Å². The SMILES string of the molecule is CN(CC1CC2CCC1C2)C(C)(C)CBr. The van der Waals surface area contributed by atoms with E-state index in [2.05, 4.69) is 41.7 Å². The molecule has 1 nitrogen and oxygen atoms in total. The van der Waals surface area contributed by atoms with Crippen LogP contribution in [-0.2, 0) is 0 Å². The van der Waals surface area contributed by atoms with Crippen molar-refractivity contribution in [3.8, 4) is 0 Å². The smallest absolute Gasteiger partial charge is 0.0247 e. The maximum absolute atomic E-state index is 3.62. The van der Waals surface area contributed by atoms with Crippen molar-refractivity contribution in [1.82, 2.24) is 4.90 Å². The lowest BCUT2D eigenvalue weighted by atomic mass is 9.87. The standard InChI is InChI=1S/C13H24BrN/c1-13(2,9-14)15(3)8-12-7-10-4-5-11(12)6-10/h10-12H,4-9H2,1-3H3. The molecular weight excluding hydrogens is 250 g/mol. The van der Waals surface area contributed by atoms with Crippen LogP contribution in [-0.4, -0.2) is 29.4 Å². The topological polar surface area (TPSA) is 3.24 Å². The highest BCUT2D eigenvalue weighted by Gasteiger charge is 2.40. The highest BCUT2D eigenvalue weighted by molar-refractivity contribution is 9.09. The Morgan fingerprint density at radius 1 is 1.27 bits per heavy atom. The number of hydrogen-bond donors (Lipinski definition) is 0. The normalized spacial score (nSPS) is 35.4. The van der Waals surface area contributed by atoms with Crippen molar-refractivity contribution in [2.24, 2.45) is 17.8 Å². The first kappa shape index (κ1) is 11.9.